The van der Waals surface area contributed by atoms with E-state index in [1.165, 1.54) is 5.56 Å². The van der Waals surface area contributed by atoms with Crippen LogP contribution in [0.2, 0.25) is 0 Å². The normalized spacial score (nSPS) is 21.0. The Hall–Kier alpha value is -2.01. The number of halogens is 3. The second-order valence-electron chi connectivity index (χ2n) is 6.24. The molecule has 1 aliphatic rings. The van der Waals surface area contributed by atoms with Gasteiger partial charge in [0.1, 0.15) is 5.75 Å². The third-order valence-electron chi connectivity index (χ3n) is 4.66. The van der Waals surface area contributed by atoms with Crippen molar-refractivity contribution in [2.75, 3.05) is 13.7 Å². The summed E-state index contributed by atoms with van der Waals surface area (Å²) < 4.78 is 43.2. The summed E-state index contributed by atoms with van der Waals surface area (Å²) in [5, 5.41) is 3.42. The maximum absolute atomic E-state index is 12.7. The van der Waals surface area contributed by atoms with Crippen LogP contribution in [-0.4, -0.2) is 13.7 Å². The molecule has 0 spiro atoms. The Morgan fingerprint density at radius 2 is 1.71 bits per heavy atom. The summed E-state index contributed by atoms with van der Waals surface area (Å²) in [6, 6.07) is 11.7. The van der Waals surface area contributed by atoms with E-state index >= 15 is 0 Å². The number of ether oxygens (including phenoxy) is 1. The van der Waals surface area contributed by atoms with Crippen LogP contribution in [0, 0.1) is 6.92 Å². The van der Waals surface area contributed by atoms with E-state index in [2.05, 4.69) is 17.4 Å². The molecule has 128 valence electrons. The van der Waals surface area contributed by atoms with E-state index in [9.17, 15) is 13.2 Å². The highest BCUT2D eigenvalue weighted by Crippen LogP contribution is 2.36. The van der Waals surface area contributed by atoms with Crippen LogP contribution >= 0.6 is 0 Å². The minimum Gasteiger partial charge on any atom is -0.496 e. The van der Waals surface area contributed by atoms with Gasteiger partial charge in [-0.3, -0.25) is 0 Å². The van der Waals surface area contributed by atoms with E-state index in [1.807, 2.05) is 13.0 Å². The van der Waals surface area contributed by atoms with Crippen LogP contribution in [0.3, 0.4) is 0 Å². The number of methoxy groups -OCH3 is 1. The lowest BCUT2D eigenvalue weighted by Crippen LogP contribution is -2.14. The van der Waals surface area contributed by atoms with Gasteiger partial charge in [-0.1, -0.05) is 24.3 Å². The lowest BCUT2D eigenvalue weighted by atomic mass is 9.92. The number of alkyl halides is 3. The second-order valence-corrected chi connectivity index (χ2v) is 6.24. The molecule has 2 nitrogen and oxygen atoms in total. The molecule has 2 aromatic carbocycles. The zero-order chi connectivity index (χ0) is 17.3. The molecule has 3 rings (SSSR count). The van der Waals surface area contributed by atoms with Crippen LogP contribution in [-0.2, 0) is 6.18 Å². The molecule has 2 atom stereocenters. The number of aryl methyl sites for hydroxylation is 1. The fourth-order valence-electron chi connectivity index (χ4n) is 3.30. The molecule has 1 N–H and O–H groups in total. The number of rotatable bonds is 3. The highest BCUT2D eigenvalue weighted by molar-refractivity contribution is 5.38. The Morgan fingerprint density at radius 3 is 2.29 bits per heavy atom. The van der Waals surface area contributed by atoms with Gasteiger partial charge < -0.3 is 10.1 Å². The second kappa shape index (κ2) is 6.48. The summed E-state index contributed by atoms with van der Waals surface area (Å²) in [7, 11) is 1.65. The van der Waals surface area contributed by atoms with Crippen molar-refractivity contribution in [1.29, 1.82) is 0 Å². The minimum atomic E-state index is -4.29. The van der Waals surface area contributed by atoms with E-state index < -0.39 is 11.7 Å². The van der Waals surface area contributed by atoms with Crippen LogP contribution in [0.5, 0.6) is 5.75 Å². The summed E-state index contributed by atoms with van der Waals surface area (Å²) in [4.78, 5) is 0. The quantitative estimate of drug-likeness (QED) is 0.866. The van der Waals surface area contributed by atoms with Gasteiger partial charge in [0, 0.05) is 12.6 Å². The first-order valence-electron chi connectivity index (χ1n) is 7.93. The largest absolute Gasteiger partial charge is 0.496 e. The lowest BCUT2D eigenvalue weighted by molar-refractivity contribution is -0.137. The molecule has 2 unspecified atom stereocenters. The summed E-state index contributed by atoms with van der Waals surface area (Å²) in [5.41, 5.74) is 2.62. The van der Waals surface area contributed by atoms with Gasteiger partial charge in [0.05, 0.1) is 12.7 Å². The average molecular weight is 335 g/mol. The average Bonchev–Trinajstić information content (AvgIpc) is 3.04. The van der Waals surface area contributed by atoms with E-state index in [-0.39, 0.29) is 6.04 Å². The van der Waals surface area contributed by atoms with Crippen LogP contribution in [0.4, 0.5) is 13.2 Å². The maximum Gasteiger partial charge on any atom is 0.416 e. The molecular weight excluding hydrogens is 315 g/mol. The van der Waals surface area contributed by atoms with E-state index in [0.29, 0.717) is 5.92 Å². The SMILES string of the molecule is COc1ccc(C2CNC(c3ccc(C(F)(F)F)cc3)C2)cc1C. The van der Waals surface area contributed by atoms with Gasteiger partial charge in [-0.2, -0.15) is 13.2 Å². The van der Waals surface area contributed by atoms with Gasteiger partial charge in [-0.15, -0.1) is 0 Å². The first kappa shape index (κ1) is 16.8. The van der Waals surface area contributed by atoms with Crippen LogP contribution in [0.15, 0.2) is 42.5 Å². The van der Waals surface area contributed by atoms with Crippen molar-refractivity contribution in [3.05, 3.63) is 64.7 Å². The molecule has 0 radical (unpaired) electrons. The standard InChI is InChI=1S/C19H20F3NO/c1-12-9-14(5-8-18(12)24-2)15-10-17(23-11-15)13-3-6-16(7-4-13)19(20,21)22/h3-9,15,17,23H,10-11H2,1-2H3. The Labute approximate surface area is 139 Å². The van der Waals surface area contributed by atoms with E-state index in [0.717, 1.165) is 42.0 Å². The lowest BCUT2D eigenvalue weighted by Gasteiger charge is -2.14. The number of nitrogens with one attached hydrogen (secondary N) is 1. The van der Waals surface area contributed by atoms with Gasteiger partial charge in [0.25, 0.3) is 0 Å². The monoisotopic (exact) mass is 335 g/mol. The van der Waals surface area contributed by atoms with Gasteiger partial charge in [-0.05, 0) is 54.2 Å². The van der Waals surface area contributed by atoms with Gasteiger partial charge in [0.15, 0.2) is 0 Å². The van der Waals surface area contributed by atoms with Crippen molar-refractivity contribution in [2.45, 2.75) is 31.5 Å². The molecule has 2 aromatic rings. The van der Waals surface area contributed by atoms with Crippen LogP contribution < -0.4 is 10.1 Å². The van der Waals surface area contributed by atoms with E-state index in [4.69, 9.17) is 4.74 Å². The fraction of sp³-hybridized carbons (Fsp3) is 0.368. The summed E-state index contributed by atoms with van der Waals surface area (Å²) in [6.07, 6.45) is -3.41. The van der Waals surface area contributed by atoms with Crippen molar-refractivity contribution < 1.29 is 17.9 Å². The fourth-order valence-corrected chi connectivity index (χ4v) is 3.30. The third kappa shape index (κ3) is 3.41. The molecule has 0 bridgehead atoms. The van der Waals surface area contributed by atoms with Crippen LogP contribution in [0.25, 0.3) is 0 Å². The zero-order valence-electron chi connectivity index (χ0n) is 13.7. The molecule has 24 heavy (non-hydrogen) atoms. The molecule has 1 aliphatic heterocycles. The van der Waals surface area contributed by atoms with Gasteiger partial charge in [-0.25, -0.2) is 0 Å². The van der Waals surface area contributed by atoms with Crippen LogP contribution in [0.1, 0.15) is 40.6 Å². The Kier molecular flexibility index (Phi) is 4.54. The van der Waals surface area contributed by atoms with Gasteiger partial charge in [0.2, 0.25) is 0 Å². The topological polar surface area (TPSA) is 21.3 Å². The minimum absolute atomic E-state index is 0.0830. The number of hydrogen-bond acceptors (Lipinski definition) is 2. The predicted molar refractivity (Wildman–Crippen MR) is 87.3 cm³/mol. The molecule has 0 saturated carbocycles. The van der Waals surface area contributed by atoms with Crippen molar-refractivity contribution in [3.8, 4) is 5.75 Å². The summed E-state index contributed by atoms with van der Waals surface area (Å²) in [6.45, 7) is 2.83. The van der Waals surface area contributed by atoms with Crippen molar-refractivity contribution >= 4 is 0 Å². The highest BCUT2D eigenvalue weighted by atomic mass is 19.4. The molecule has 1 heterocycles. The molecule has 0 aliphatic carbocycles. The van der Waals surface area contributed by atoms with Crippen molar-refractivity contribution in [1.82, 2.24) is 5.32 Å². The molecule has 1 fully saturated rings. The molecule has 1 saturated heterocycles. The Balaban J connectivity index is 1.72. The summed E-state index contributed by atoms with van der Waals surface area (Å²) >= 11 is 0. The first-order valence-corrected chi connectivity index (χ1v) is 7.93. The molecule has 0 aromatic heterocycles. The van der Waals surface area contributed by atoms with Crippen molar-refractivity contribution in [2.24, 2.45) is 0 Å². The number of benzene rings is 2. The Bertz CT molecular complexity index is 710. The van der Waals surface area contributed by atoms with Crippen molar-refractivity contribution in [3.63, 3.8) is 0 Å². The zero-order valence-corrected chi connectivity index (χ0v) is 13.7. The summed E-state index contributed by atoms with van der Waals surface area (Å²) in [5.74, 6) is 1.21. The molecule has 0 amide bonds. The molecular formula is C19H20F3NO. The Morgan fingerprint density at radius 1 is 1.04 bits per heavy atom. The molecule has 5 heteroatoms. The smallest absolute Gasteiger partial charge is 0.416 e. The highest BCUT2D eigenvalue weighted by Gasteiger charge is 2.31. The maximum atomic E-state index is 12.7. The third-order valence-corrected chi connectivity index (χ3v) is 4.66. The van der Waals surface area contributed by atoms with E-state index in [1.54, 1.807) is 19.2 Å². The van der Waals surface area contributed by atoms with Gasteiger partial charge >= 0.3 is 6.18 Å². The number of hydrogen-bond donors (Lipinski definition) is 1. The predicted octanol–water partition coefficient (Wildman–Crippen LogP) is 4.84. The first-order chi connectivity index (χ1) is 11.4.